The van der Waals surface area contributed by atoms with Crippen LogP contribution in [0.4, 0.5) is 0 Å². The number of nitrogens with one attached hydrogen (secondary N) is 2. The standard InChI is InChI=1S/C47H66N2O4/c1-9-47(10-2,43(50)48-31-45(52,27-33(3)4)29-35(7)25-39-21-15-19-37-17-11-13-23-41(37)39)44(51)49-32-46(53,28-34(5)6)30-36(8)26-40-22-16-20-38-18-12-14-24-42(38)40/h11-24,33-36,52-53H,9-10,25-32H2,1-8H3,(H,48,50)(H,49,51). The molecule has 0 bridgehead atoms. The maximum atomic E-state index is 14.1. The van der Waals surface area contributed by atoms with Crippen molar-refractivity contribution in [2.75, 3.05) is 13.1 Å². The fourth-order valence-electron chi connectivity index (χ4n) is 8.93. The van der Waals surface area contributed by atoms with Crippen molar-refractivity contribution in [3.05, 3.63) is 96.1 Å². The van der Waals surface area contributed by atoms with E-state index in [9.17, 15) is 19.8 Å². The molecule has 0 fully saturated rings. The van der Waals surface area contributed by atoms with Gasteiger partial charge in [-0.1, -0.05) is 140 Å². The van der Waals surface area contributed by atoms with Crippen LogP contribution in [0.5, 0.6) is 0 Å². The van der Waals surface area contributed by atoms with Gasteiger partial charge in [0.15, 0.2) is 0 Å². The molecule has 0 saturated heterocycles. The van der Waals surface area contributed by atoms with E-state index in [-0.39, 0.29) is 48.6 Å². The number of rotatable bonds is 20. The SMILES string of the molecule is CCC(CC)(C(=O)NCC(O)(CC(C)C)CC(C)Cc1cccc2ccccc12)C(=O)NCC(O)(CC(C)C)CC(C)Cc1cccc2ccccc12. The average molecular weight is 723 g/mol. The summed E-state index contributed by atoms with van der Waals surface area (Å²) >= 11 is 0. The van der Waals surface area contributed by atoms with Gasteiger partial charge in [-0.15, -0.1) is 0 Å². The molecule has 4 rings (SSSR count). The van der Waals surface area contributed by atoms with E-state index in [4.69, 9.17) is 0 Å². The maximum absolute atomic E-state index is 14.1. The topological polar surface area (TPSA) is 98.7 Å². The minimum absolute atomic E-state index is 0.0713. The molecular formula is C47H66N2O4. The number of aliphatic hydroxyl groups is 2. The highest BCUT2D eigenvalue weighted by molar-refractivity contribution is 6.05. The molecule has 4 N–H and O–H groups in total. The van der Waals surface area contributed by atoms with Crippen LogP contribution in [-0.2, 0) is 22.4 Å². The van der Waals surface area contributed by atoms with E-state index < -0.39 is 16.6 Å². The summed E-state index contributed by atoms with van der Waals surface area (Å²) in [5.74, 6) is 0.00521. The summed E-state index contributed by atoms with van der Waals surface area (Å²) in [6.45, 7) is 16.5. The largest absolute Gasteiger partial charge is 0.388 e. The Labute approximate surface area is 319 Å². The van der Waals surface area contributed by atoms with E-state index in [2.05, 4.69) is 125 Å². The predicted molar refractivity (Wildman–Crippen MR) is 221 cm³/mol. The van der Waals surface area contributed by atoms with Gasteiger partial charge in [0.05, 0.1) is 11.2 Å². The summed E-state index contributed by atoms with van der Waals surface area (Å²) in [5.41, 5.74) is -1.08. The Kier molecular flexibility index (Phi) is 14.7. The fourth-order valence-corrected chi connectivity index (χ4v) is 8.93. The van der Waals surface area contributed by atoms with Crippen LogP contribution in [0.15, 0.2) is 84.9 Å². The third-order valence-electron chi connectivity index (χ3n) is 11.2. The van der Waals surface area contributed by atoms with Crippen molar-refractivity contribution in [3.8, 4) is 0 Å². The molecule has 4 unspecified atom stereocenters. The Morgan fingerprint density at radius 2 is 0.906 bits per heavy atom. The Morgan fingerprint density at radius 3 is 1.26 bits per heavy atom. The zero-order valence-corrected chi connectivity index (χ0v) is 33.7. The molecule has 0 radical (unpaired) electrons. The number of amides is 2. The van der Waals surface area contributed by atoms with E-state index in [0.717, 1.165) is 12.8 Å². The van der Waals surface area contributed by atoms with Crippen molar-refractivity contribution in [2.45, 2.75) is 118 Å². The first-order valence-electron chi connectivity index (χ1n) is 20.1. The normalized spacial score (nSPS) is 15.6. The zero-order valence-electron chi connectivity index (χ0n) is 33.7. The summed E-state index contributed by atoms with van der Waals surface area (Å²) in [6, 6.07) is 29.5. The Hall–Kier alpha value is -3.74. The molecule has 288 valence electrons. The molecule has 53 heavy (non-hydrogen) atoms. The van der Waals surface area contributed by atoms with Gasteiger partial charge in [0, 0.05) is 13.1 Å². The first kappa shape index (κ1) is 42.0. The van der Waals surface area contributed by atoms with Gasteiger partial charge < -0.3 is 20.8 Å². The summed E-state index contributed by atoms with van der Waals surface area (Å²) in [4.78, 5) is 28.1. The molecule has 2 amide bonds. The van der Waals surface area contributed by atoms with Crippen molar-refractivity contribution in [2.24, 2.45) is 29.1 Å². The molecular weight excluding hydrogens is 657 g/mol. The maximum Gasteiger partial charge on any atom is 0.235 e. The minimum atomic E-state index is -1.32. The summed E-state index contributed by atoms with van der Waals surface area (Å²) < 4.78 is 0. The number of carbonyl (C=O) groups is 2. The van der Waals surface area contributed by atoms with E-state index in [0.29, 0.717) is 38.5 Å². The molecule has 0 spiro atoms. The second kappa shape index (κ2) is 18.5. The van der Waals surface area contributed by atoms with Gasteiger partial charge in [-0.05, 0) is 108 Å². The van der Waals surface area contributed by atoms with Crippen molar-refractivity contribution in [1.82, 2.24) is 10.6 Å². The van der Waals surface area contributed by atoms with Crippen LogP contribution in [0.1, 0.15) is 105 Å². The summed E-state index contributed by atoms with van der Waals surface area (Å²) in [7, 11) is 0. The van der Waals surface area contributed by atoms with Gasteiger partial charge in [0.2, 0.25) is 11.8 Å². The van der Waals surface area contributed by atoms with E-state index in [1.54, 1.807) is 0 Å². The average Bonchev–Trinajstić information content (AvgIpc) is 3.10. The molecule has 6 heteroatoms. The molecule has 0 aliphatic carbocycles. The summed E-state index contributed by atoms with van der Waals surface area (Å²) in [6.07, 6.45) is 4.34. The number of hydrogen-bond acceptors (Lipinski definition) is 4. The van der Waals surface area contributed by atoms with Crippen molar-refractivity contribution >= 4 is 33.4 Å². The van der Waals surface area contributed by atoms with Gasteiger partial charge >= 0.3 is 0 Å². The number of hydrogen-bond donors (Lipinski definition) is 4. The molecule has 0 aliphatic heterocycles. The van der Waals surface area contributed by atoms with Gasteiger partial charge in [0.1, 0.15) is 5.41 Å². The summed E-state index contributed by atoms with van der Waals surface area (Å²) in [5, 5.41) is 35.0. The Bertz CT molecular complexity index is 1660. The second-order valence-corrected chi connectivity index (χ2v) is 17.1. The van der Waals surface area contributed by atoms with Gasteiger partial charge in [-0.3, -0.25) is 9.59 Å². The smallest absolute Gasteiger partial charge is 0.235 e. The molecule has 4 aromatic carbocycles. The Morgan fingerprint density at radius 1 is 0.547 bits per heavy atom. The fraction of sp³-hybridized carbons (Fsp3) is 0.532. The van der Waals surface area contributed by atoms with Crippen molar-refractivity contribution in [1.29, 1.82) is 0 Å². The quantitative estimate of drug-likeness (QED) is 0.0684. The lowest BCUT2D eigenvalue weighted by molar-refractivity contribution is -0.146. The van der Waals surface area contributed by atoms with Crippen LogP contribution in [0.25, 0.3) is 21.5 Å². The lowest BCUT2D eigenvalue weighted by atomic mass is 9.78. The highest BCUT2D eigenvalue weighted by Gasteiger charge is 2.44. The van der Waals surface area contributed by atoms with Gasteiger partial charge in [-0.25, -0.2) is 0 Å². The number of fused-ring (bicyclic) bond motifs is 2. The highest BCUT2D eigenvalue weighted by atomic mass is 16.3. The molecule has 4 aromatic rings. The number of benzene rings is 4. The van der Waals surface area contributed by atoms with E-state index >= 15 is 0 Å². The lowest BCUT2D eigenvalue weighted by Crippen LogP contribution is -2.56. The molecule has 0 saturated carbocycles. The second-order valence-electron chi connectivity index (χ2n) is 17.1. The Balaban J connectivity index is 1.43. The van der Waals surface area contributed by atoms with Crippen LogP contribution in [-0.4, -0.2) is 46.3 Å². The molecule has 0 heterocycles. The zero-order chi connectivity index (χ0) is 38.8. The lowest BCUT2D eigenvalue weighted by Gasteiger charge is -2.37. The first-order chi connectivity index (χ1) is 25.1. The van der Waals surface area contributed by atoms with Crippen LogP contribution in [0, 0.1) is 29.1 Å². The van der Waals surface area contributed by atoms with Gasteiger partial charge in [0.25, 0.3) is 0 Å². The van der Waals surface area contributed by atoms with Crippen molar-refractivity contribution in [3.63, 3.8) is 0 Å². The van der Waals surface area contributed by atoms with E-state index in [1.807, 2.05) is 26.0 Å². The van der Waals surface area contributed by atoms with E-state index in [1.165, 1.54) is 32.7 Å². The van der Waals surface area contributed by atoms with Crippen LogP contribution < -0.4 is 10.6 Å². The van der Waals surface area contributed by atoms with Crippen LogP contribution in [0.3, 0.4) is 0 Å². The van der Waals surface area contributed by atoms with Gasteiger partial charge in [-0.2, -0.15) is 0 Å². The minimum Gasteiger partial charge on any atom is -0.388 e. The van der Waals surface area contributed by atoms with Crippen LogP contribution >= 0.6 is 0 Å². The number of carbonyl (C=O) groups excluding carboxylic acids is 2. The highest BCUT2D eigenvalue weighted by Crippen LogP contribution is 2.33. The predicted octanol–water partition coefficient (Wildman–Crippen LogP) is 9.42. The monoisotopic (exact) mass is 723 g/mol. The molecule has 0 aromatic heterocycles. The molecule has 0 aliphatic rings. The molecule has 4 atom stereocenters. The third kappa shape index (κ3) is 11.1. The molecule has 6 nitrogen and oxygen atoms in total. The van der Waals surface area contributed by atoms with Crippen molar-refractivity contribution < 1.29 is 19.8 Å². The first-order valence-corrected chi connectivity index (χ1v) is 20.1. The third-order valence-corrected chi connectivity index (χ3v) is 11.2. The van der Waals surface area contributed by atoms with Crippen LogP contribution in [0.2, 0.25) is 0 Å².